The Bertz CT molecular complexity index is 469. The minimum absolute atomic E-state index is 0.0138. The fourth-order valence-corrected chi connectivity index (χ4v) is 1.42. The average Bonchev–Trinajstić information content (AvgIpc) is 2.36. The molecule has 4 nitrogen and oxygen atoms in total. The lowest BCUT2D eigenvalue weighted by Crippen LogP contribution is -2.27. The molecule has 1 N–H and O–H groups in total. The van der Waals surface area contributed by atoms with Crippen LogP contribution in [0.2, 0.25) is 0 Å². The van der Waals surface area contributed by atoms with Gasteiger partial charge in [-0.3, -0.25) is 9.79 Å². The largest absolute Gasteiger partial charge is 0.334 e. The molecule has 1 aromatic carbocycles. The maximum Gasteiger partial charge on any atom is 0.229 e. The third-order valence-electron chi connectivity index (χ3n) is 3.00. The number of nitrogens with zero attached hydrogens (tertiary/aromatic N) is 2. The van der Waals surface area contributed by atoms with E-state index < -0.39 is 0 Å². The Labute approximate surface area is 115 Å². The highest BCUT2D eigenvalue weighted by Gasteiger charge is 2.21. The first kappa shape index (κ1) is 15.2. The summed E-state index contributed by atoms with van der Waals surface area (Å²) in [7, 11) is 3.73. The molecule has 0 atom stereocenters. The summed E-state index contributed by atoms with van der Waals surface area (Å²) >= 11 is 0. The van der Waals surface area contributed by atoms with Crippen LogP contribution in [0.25, 0.3) is 0 Å². The molecule has 0 aliphatic rings. The summed E-state index contributed by atoms with van der Waals surface area (Å²) in [5.41, 5.74) is 1.46. The maximum absolute atomic E-state index is 11.9. The van der Waals surface area contributed by atoms with E-state index in [1.807, 2.05) is 63.9 Å². The molecule has 0 fully saturated rings. The lowest BCUT2D eigenvalue weighted by molar-refractivity contribution is -0.123. The number of amidine groups is 1. The van der Waals surface area contributed by atoms with E-state index >= 15 is 0 Å². The van der Waals surface area contributed by atoms with Gasteiger partial charge in [-0.05, 0) is 31.2 Å². The molecule has 0 bridgehead atoms. The van der Waals surface area contributed by atoms with Crippen molar-refractivity contribution in [2.45, 2.75) is 27.7 Å². The fourth-order valence-electron chi connectivity index (χ4n) is 1.42. The van der Waals surface area contributed by atoms with Gasteiger partial charge in [-0.25, -0.2) is 0 Å². The number of rotatable bonds is 2. The van der Waals surface area contributed by atoms with E-state index in [1.54, 1.807) is 7.05 Å². The lowest BCUT2D eigenvalue weighted by atomic mass is 9.95. The van der Waals surface area contributed by atoms with Crippen LogP contribution >= 0.6 is 0 Å². The standard InChI is InChI=1S/C15H23N3O/c1-11(16-5)18(6)13-9-7-12(8-10-13)17-14(19)15(2,3)4/h7-10H,1-6H3,(H,17,19). The van der Waals surface area contributed by atoms with Crippen molar-refractivity contribution in [2.24, 2.45) is 10.4 Å². The second kappa shape index (κ2) is 5.87. The molecule has 0 spiro atoms. The van der Waals surface area contributed by atoms with Gasteiger partial charge < -0.3 is 10.2 Å². The minimum Gasteiger partial charge on any atom is -0.334 e. The normalized spacial score (nSPS) is 12.2. The van der Waals surface area contributed by atoms with Gasteiger partial charge in [0.25, 0.3) is 0 Å². The quantitative estimate of drug-likeness (QED) is 0.656. The van der Waals surface area contributed by atoms with Gasteiger partial charge in [0, 0.05) is 30.9 Å². The van der Waals surface area contributed by atoms with Crippen LogP contribution in [0, 0.1) is 5.41 Å². The fraction of sp³-hybridized carbons (Fsp3) is 0.467. The zero-order chi connectivity index (χ0) is 14.6. The first-order chi connectivity index (χ1) is 8.75. The topological polar surface area (TPSA) is 44.7 Å². The van der Waals surface area contributed by atoms with Crippen molar-refractivity contribution in [1.82, 2.24) is 0 Å². The second-order valence-electron chi connectivity index (χ2n) is 5.58. The molecular formula is C15H23N3O. The molecule has 0 unspecified atom stereocenters. The molecule has 0 aliphatic heterocycles. The van der Waals surface area contributed by atoms with Crippen LogP contribution in [-0.2, 0) is 4.79 Å². The van der Waals surface area contributed by atoms with Gasteiger partial charge in [-0.15, -0.1) is 0 Å². The van der Waals surface area contributed by atoms with Crippen molar-refractivity contribution in [2.75, 3.05) is 24.3 Å². The van der Waals surface area contributed by atoms with Crippen molar-refractivity contribution >= 4 is 23.1 Å². The Balaban J connectivity index is 2.80. The molecule has 0 radical (unpaired) electrons. The number of anilines is 2. The van der Waals surface area contributed by atoms with E-state index in [9.17, 15) is 4.79 Å². The summed E-state index contributed by atoms with van der Waals surface area (Å²) in [6.07, 6.45) is 0. The number of amides is 1. The molecule has 0 saturated carbocycles. The number of hydrogen-bond acceptors (Lipinski definition) is 2. The molecule has 4 heteroatoms. The Morgan fingerprint density at radius 3 is 2.16 bits per heavy atom. The number of carbonyl (C=O) groups is 1. The van der Waals surface area contributed by atoms with E-state index in [4.69, 9.17) is 0 Å². The molecule has 19 heavy (non-hydrogen) atoms. The van der Waals surface area contributed by atoms with Crippen LogP contribution in [-0.4, -0.2) is 25.8 Å². The summed E-state index contributed by atoms with van der Waals surface area (Å²) in [5, 5.41) is 2.90. The summed E-state index contributed by atoms with van der Waals surface area (Å²) in [6.45, 7) is 7.64. The van der Waals surface area contributed by atoms with E-state index in [2.05, 4.69) is 10.3 Å². The van der Waals surface area contributed by atoms with E-state index in [1.165, 1.54) is 0 Å². The molecule has 104 valence electrons. The van der Waals surface area contributed by atoms with Crippen molar-refractivity contribution < 1.29 is 4.79 Å². The minimum atomic E-state index is -0.388. The van der Waals surface area contributed by atoms with Crippen LogP contribution in [0.15, 0.2) is 29.3 Å². The molecule has 0 aliphatic carbocycles. The van der Waals surface area contributed by atoms with Gasteiger partial charge in [0.2, 0.25) is 5.91 Å². The highest BCUT2D eigenvalue weighted by Crippen LogP contribution is 2.20. The monoisotopic (exact) mass is 261 g/mol. The van der Waals surface area contributed by atoms with Crippen LogP contribution in [0.3, 0.4) is 0 Å². The summed E-state index contributed by atoms with van der Waals surface area (Å²) in [6, 6.07) is 7.73. The van der Waals surface area contributed by atoms with E-state index in [-0.39, 0.29) is 11.3 Å². The maximum atomic E-state index is 11.9. The number of benzene rings is 1. The molecule has 0 aromatic heterocycles. The van der Waals surface area contributed by atoms with Gasteiger partial charge in [-0.2, -0.15) is 0 Å². The van der Waals surface area contributed by atoms with Crippen LogP contribution < -0.4 is 10.2 Å². The smallest absolute Gasteiger partial charge is 0.229 e. The third kappa shape index (κ3) is 4.09. The van der Waals surface area contributed by atoms with Crippen LogP contribution in [0.4, 0.5) is 11.4 Å². The van der Waals surface area contributed by atoms with Gasteiger partial charge in [0.1, 0.15) is 0 Å². The van der Waals surface area contributed by atoms with Crippen molar-refractivity contribution in [1.29, 1.82) is 0 Å². The molecule has 1 rings (SSSR count). The first-order valence-corrected chi connectivity index (χ1v) is 6.34. The molecule has 1 amide bonds. The lowest BCUT2D eigenvalue weighted by Gasteiger charge is -2.20. The number of hydrogen-bond donors (Lipinski definition) is 1. The van der Waals surface area contributed by atoms with Crippen LogP contribution in [0.1, 0.15) is 27.7 Å². The SMILES string of the molecule is CN=C(C)N(C)c1ccc(NC(=O)C(C)(C)C)cc1. The Kier molecular flexibility index (Phi) is 4.70. The highest BCUT2D eigenvalue weighted by molar-refractivity contribution is 5.97. The van der Waals surface area contributed by atoms with Gasteiger partial charge in [0.15, 0.2) is 0 Å². The molecule has 0 heterocycles. The summed E-state index contributed by atoms with van der Waals surface area (Å²) in [4.78, 5) is 18.0. The van der Waals surface area contributed by atoms with E-state index in [0.717, 1.165) is 17.2 Å². The average molecular weight is 261 g/mol. The van der Waals surface area contributed by atoms with Crippen molar-refractivity contribution in [3.8, 4) is 0 Å². The highest BCUT2D eigenvalue weighted by atomic mass is 16.2. The summed E-state index contributed by atoms with van der Waals surface area (Å²) < 4.78 is 0. The molecule has 0 saturated heterocycles. The Morgan fingerprint density at radius 2 is 1.74 bits per heavy atom. The van der Waals surface area contributed by atoms with Crippen molar-refractivity contribution in [3.05, 3.63) is 24.3 Å². The van der Waals surface area contributed by atoms with Crippen molar-refractivity contribution in [3.63, 3.8) is 0 Å². The van der Waals surface area contributed by atoms with Crippen LogP contribution in [0.5, 0.6) is 0 Å². The van der Waals surface area contributed by atoms with E-state index in [0.29, 0.717) is 0 Å². The second-order valence-corrected chi connectivity index (χ2v) is 5.58. The molecular weight excluding hydrogens is 238 g/mol. The first-order valence-electron chi connectivity index (χ1n) is 6.34. The Morgan fingerprint density at radius 1 is 1.21 bits per heavy atom. The molecule has 1 aromatic rings. The third-order valence-corrected chi connectivity index (χ3v) is 3.00. The predicted molar refractivity (Wildman–Crippen MR) is 82.0 cm³/mol. The van der Waals surface area contributed by atoms with Gasteiger partial charge in [-0.1, -0.05) is 20.8 Å². The number of carbonyl (C=O) groups excluding carboxylic acids is 1. The predicted octanol–water partition coefficient (Wildman–Crippen LogP) is 3.16. The number of nitrogens with one attached hydrogen (secondary N) is 1. The van der Waals surface area contributed by atoms with Gasteiger partial charge in [0.05, 0.1) is 5.84 Å². The number of aliphatic imine (C=N–C) groups is 1. The zero-order valence-corrected chi connectivity index (χ0v) is 12.6. The zero-order valence-electron chi connectivity index (χ0n) is 12.6. The summed E-state index contributed by atoms with van der Waals surface area (Å²) in [5.74, 6) is 0.950. The Hall–Kier alpha value is -1.84. The van der Waals surface area contributed by atoms with Gasteiger partial charge >= 0.3 is 0 Å².